The van der Waals surface area contributed by atoms with Crippen molar-refractivity contribution in [3.63, 3.8) is 0 Å². The van der Waals surface area contributed by atoms with Crippen LogP contribution < -0.4 is 11.1 Å². The van der Waals surface area contributed by atoms with Gasteiger partial charge in [0.05, 0.1) is 47.5 Å². The number of Topliss-reactive ketones (excluding diaryl/α,β-unsaturated/α-hetero) is 1. The molecule has 4 rings (SSSR count). The Morgan fingerprint density at radius 1 is 1.27 bits per heavy atom. The quantitative estimate of drug-likeness (QED) is 0.591. The van der Waals surface area contributed by atoms with Crippen molar-refractivity contribution in [3.8, 4) is 5.69 Å². The molecule has 0 atom stereocenters. The molecule has 33 heavy (non-hydrogen) atoms. The van der Waals surface area contributed by atoms with Crippen LogP contribution in [0, 0.1) is 12.3 Å². The van der Waals surface area contributed by atoms with Gasteiger partial charge in [-0.25, -0.2) is 4.68 Å². The number of ketones is 1. The number of nitrogens with zero attached hydrogens (tertiary/aromatic N) is 2. The predicted molar refractivity (Wildman–Crippen MR) is 126 cm³/mol. The van der Waals surface area contributed by atoms with Crippen molar-refractivity contribution in [2.45, 2.75) is 71.4 Å². The number of rotatable bonds is 7. The van der Waals surface area contributed by atoms with Gasteiger partial charge in [-0.05, 0) is 62.6 Å². The predicted octanol–water partition coefficient (Wildman–Crippen LogP) is 3.17. The summed E-state index contributed by atoms with van der Waals surface area (Å²) >= 11 is 0. The fourth-order valence-corrected chi connectivity index (χ4v) is 5.16. The van der Waals surface area contributed by atoms with Gasteiger partial charge in [-0.1, -0.05) is 13.8 Å². The maximum atomic E-state index is 12.8. The molecule has 0 saturated heterocycles. The molecule has 2 aliphatic carbocycles. The van der Waals surface area contributed by atoms with Crippen LogP contribution in [0.5, 0.6) is 0 Å². The molecule has 2 aliphatic rings. The Bertz CT molecular complexity index is 1050. The SMILES string of the molecule is Cc1nn(-c2ccc(C(N)=O)c(N[C@H]3CC[C@H](OCCO)CC3)c2)c2c1C(=O)CC(C)(C)C2. The number of hydrogen-bond donors (Lipinski definition) is 3. The molecule has 1 fully saturated rings. The highest BCUT2D eigenvalue weighted by Gasteiger charge is 2.36. The van der Waals surface area contributed by atoms with Crippen molar-refractivity contribution in [2.75, 3.05) is 18.5 Å². The molecule has 0 spiro atoms. The second-order valence-electron chi connectivity index (χ2n) is 10.1. The van der Waals surface area contributed by atoms with Crippen molar-refractivity contribution in [1.29, 1.82) is 0 Å². The molecular formula is C25H34N4O4. The summed E-state index contributed by atoms with van der Waals surface area (Å²) in [6.45, 7) is 6.48. The number of nitrogens with two attached hydrogens (primary N) is 1. The number of carbonyl (C=O) groups is 2. The fraction of sp³-hybridized carbons (Fsp3) is 0.560. The smallest absolute Gasteiger partial charge is 0.250 e. The zero-order chi connectivity index (χ0) is 23.8. The number of aliphatic hydroxyl groups is 1. The molecular weight excluding hydrogens is 420 g/mol. The first-order valence-electron chi connectivity index (χ1n) is 11.7. The van der Waals surface area contributed by atoms with E-state index in [1.54, 1.807) is 6.07 Å². The number of carbonyl (C=O) groups excluding carboxylic acids is 2. The molecule has 1 aromatic carbocycles. The van der Waals surface area contributed by atoms with Gasteiger partial charge in [0.25, 0.3) is 5.91 Å². The molecule has 8 nitrogen and oxygen atoms in total. The first kappa shape index (κ1) is 23.4. The van der Waals surface area contributed by atoms with E-state index in [4.69, 9.17) is 20.7 Å². The second kappa shape index (κ2) is 9.27. The molecule has 1 amide bonds. The topological polar surface area (TPSA) is 119 Å². The number of nitrogens with one attached hydrogen (secondary N) is 1. The molecule has 0 unspecified atom stereocenters. The lowest BCUT2D eigenvalue weighted by Crippen LogP contribution is -2.31. The number of fused-ring (bicyclic) bond motifs is 1. The monoisotopic (exact) mass is 454 g/mol. The average molecular weight is 455 g/mol. The molecule has 2 aromatic rings. The van der Waals surface area contributed by atoms with Crippen molar-refractivity contribution < 1.29 is 19.4 Å². The largest absolute Gasteiger partial charge is 0.394 e. The van der Waals surface area contributed by atoms with Crippen LogP contribution in [0.1, 0.15) is 78.1 Å². The number of benzene rings is 1. The van der Waals surface area contributed by atoms with Gasteiger partial charge in [-0.15, -0.1) is 0 Å². The Morgan fingerprint density at radius 2 is 2.00 bits per heavy atom. The Balaban J connectivity index is 1.62. The van der Waals surface area contributed by atoms with Crippen LogP contribution in [0.2, 0.25) is 0 Å². The van der Waals surface area contributed by atoms with Crippen LogP contribution in [0.4, 0.5) is 5.69 Å². The van der Waals surface area contributed by atoms with E-state index in [0.29, 0.717) is 24.3 Å². The summed E-state index contributed by atoms with van der Waals surface area (Å²) in [5, 5.41) is 17.2. The number of ether oxygens (including phenoxy) is 1. The van der Waals surface area contributed by atoms with Gasteiger partial charge in [0, 0.05) is 18.2 Å². The summed E-state index contributed by atoms with van der Waals surface area (Å²) < 4.78 is 7.51. The van der Waals surface area contributed by atoms with Crippen molar-refractivity contribution in [1.82, 2.24) is 9.78 Å². The lowest BCUT2D eigenvalue weighted by atomic mass is 9.75. The lowest BCUT2D eigenvalue weighted by molar-refractivity contribution is 0.00722. The van der Waals surface area contributed by atoms with Gasteiger partial charge in [0.15, 0.2) is 5.78 Å². The summed E-state index contributed by atoms with van der Waals surface area (Å²) in [6, 6.07) is 5.67. The normalized spacial score (nSPS) is 22.1. The molecule has 4 N–H and O–H groups in total. The summed E-state index contributed by atoms with van der Waals surface area (Å²) in [7, 11) is 0. The molecule has 178 valence electrons. The zero-order valence-corrected chi connectivity index (χ0v) is 19.7. The highest BCUT2D eigenvalue weighted by atomic mass is 16.5. The van der Waals surface area contributed by atoms with Crippen molar-refractivity contribution >= 4 is 17.4 Å². The van der Waals surface area contributed by atoms with Gasteiger partial charge in [0.1, 0.15) is 0 Å². The van der Waals surface area contributed by atoms with Crippen molar-refractivity contribution in [2.24, 2.45) is 11.1 Å². The van der Waals surface area contributed by atoms with E-state index < -0.39 is 5.91 Å². The number of hydrogen-bond acceptors (Lipinski definition) is 6. The van der Waals surface area contributed by atoms with Gasteiger partial charge in [0.2, 0.25) is 0 Å². The molecule has 0 radical (unpaired) electrons. The first-order chi connectivity index (χ1) is 15.7. The van der Waals surface area contributed by atoms with E-state index in [0.717, 1.165) is 54.7 Å². The Labute approximate surface area is 194 Å². The van der Waals surface area contributed by atoms with E-state index in [1.807, 2.05) is 23.7 Å². The number of aryl methyl sites for hydroxylation is 1. The third-order valence-electron chi connectivity index (χ3n) is 6.71. The summed E-state index contributed by atoms with van der Waals surface area (Å²) in [4.78, 5) is 24.9. The number of primary amides is 1. The molecule has 1 saturated carbocycles. The van der Waals surface area contributed by atoms with Gasteiger partial charge in [-0.2, -0.15) is 5.10 Å². The van der Waals surface area contributed by atoms with Crippen LogP contribution in [-0.2, 0) is 11.2 Å². The fourth-order valence-electron chi connectivity index (χ4n) is 5.16. The average Bonchev–Trinajstić information content (AvgIpc) is 3.08. The number of anilines is 1. The standard InChI is InChI=1S/C25H34N4O4/c1-15-23-21(13-25(2,3)14-22(23)31)29(28-15)17-6-9-19(24(26)32)20(12-17)27-16-4-7-18(8-5-16)33-11-10-30/h6,9,12,16,18,27,30H,4-5,7-8,10-11,13-14H2,1-3H3,(H2,26,32)/t16-,18-. The van der Waals surface area contributed by atoms with E-state index in [-0.39, 0.29) is 30.0 Å². The highest BCUT2D eigenvalue weighted by Crippen LogP contribution is 2.37. The summed E-state index contributed by atoms with van der Waals surface area (Å²) in [5.41, 5.74) is 9.85. The first-order valence-corrected chi connectivity index (χ1v) is 11.7. The Morgan fingerprint density at radius 3 is 2.67 bits per heavy atom. The molecule has 0 aliphatic heterocycles. The highest BCUT2D eigenvalue weighted by molar-refractivity contribution is 6.00. The van der Waals surface area contributed by atoms with Crippen LogP contribution in [0.3, 0.4) is 0 Å². The summed E-state index contributed by atoms with van der Waals surface area (Å²) in [5.74, 6) is -0.351. The Hall–Kier alpha value is -2.71. The Kier molecular flexibility index (Phi) is 6.59. The van der Waals surface area contributed by atoms with Gasteiger partial charge >= 0.3 is 0 Å². The lowest BCUT2D eigenvalue weighted by Gasteiger charge is -2.30. The van der Waals surface area contributed by atoms with Gasteiger partial charge < -0.3 is 20.9 Å². The second-order valence-corrected chi connectivity index (χ2v) is 10.1. The third kappa shape index (κ3) is 4.96. The van der Waals surface area contributed by atoms with E-state index in [2.05, 4.69) is 19.2 Å². The molecule has 0 bridgehead atoms. The maximum absolute atomic E-state index is 12.8. The molecule has 1 aromatic heterocycles. The minimum Gasteiger partial charge on any atom is -0.394 e. The minimum absolute atomic E-state index is 0.0341. The number of amides is 1. The summed E-state index contributed by atoms with van der Waals surface area (Å²) in [6.07, 6.45) is 5.03. The van der Waals surface area contributed by atoms with Crippen LogP contribution in [-0.4, -0.2) is 51.9 Å². The zero-order valence-electron chi connectivity index (χ0n) is 19.7. The van der Waals surface area contributed by atoms with Crippen molar-refractivity contribution in [3.05, 3.63) is 40.7 Å². The third-order valence-corrected chi connectivity index (χ3v) is 6.71. The number of aromatic nitrogens is 2. The van der Waals surface area contributed by atoms with Crippen LogP contribution in [0.15, 0.2) is 18.2 Å². The number of aliphatic hydroxyl groups excluding tert-OH is 1. The van der Waals surface area contributed by atoms with E-state index >= 15 is 0 Å². The van der Waals surface area contributed by atoms with Crippen LogP contribution >= 0.6 is 0 Å². The van der Waals surface area contributed by atoms with Crippen LogP contribution in [0.25, 0.3) is 5.69 Å². The van der Waals surface area contributed by atoms with Gasteiger partial charge in [-0.3, -0.25) is 9.59 Å². The molecule has 1 heterocycles. The van der Waals surface area contributed by atoms with E-state index in [1.165, 1.54) is 0 Å². The van der Waals surface area contributed by atoms with E-state index in [9.17, 15) is 9.59 Å². The minimum atomic E-state index is -0.487. The maximum Gasteiger partial charge on any atom is 0.250 e. The molecule has 8 heteroatoms.